The van der Waals surface area contributed by atoms with E-state index in [0.29, 0.717) is 16.8 Å². The van der Waals surface area contributed by atoms with Crippen LogP contribution in [-0.4, -0.2) is 62.5 Å². The molecule has 57 heavy (non-hydrogen) atoms. The summed E-state index contributed by atoms with van der Waals surface area (Å²) < 4.78 is 0. The highest BCUT2D eigenvalue weighted by Gasteiger charge is 2.34. The fraction of sp³-hybridized carbons (Fsp3) is 0.256. The van der Waals surface area contributed by atoms with Crippen molar-refractivity contribution in [2.24, 2.45) is 5.92 Å². The van der Waals surface area contributed by atoms with Gasteiger partial charge in [-0.1, -0.05) is 74.5 Å². The van der Waals surface area contributed by atoms with Crippen molar-refractivity contribution in [1.82, 2.24) is 36.6 Å². The first-order valence-electron chi connectivity index (χ1n) is 18.3. The SMILES string of the molecule is CC(C)C[C@@H](NC(=O)/C(=C/c1ccccc1)NC(=O)C(C)(C)NC(=O)c1ccncc1)C(=O)N/C(=C\c1ccccc1)C(=O)NC(C)(C)C(=O)Nc1ccncc1. The Bertz CT molecular complexity index is 2100. The fourth-order valence-corrected chi connectivity index (χ4v) is 5.23. The monoisotopic (exact) mass is 772 g/mol. The number of hydrogen-bond acceptors (Lipinski definition) is 8. The number of benzene rings is 2. The van der Waals surface area contributed by atoms with E-state index >= 15 is 0 Å². The molecule has 296 valence electrons. The summed E-state index contributed by atoms with van der Waals surface area (Å²) in [4.78, 5) is 89.7. The van der Waals surface area contributed by atoms with Crippen LogP contribution in [0.25, 0.3) is 12.2 Å². The Morgan fingerprint density at radius 1 is 0.614 bits per heavy atom. The minimum atomic E-state index is -1.49. The molecular formula is C43H48N8O6. The molecule has 2 heterocycles. The Balaban J connectivity index is 1.59. The number of amides is 6. The molecule has 2 aromatic heterocycles. The lowest BCUT2D eigenvalue weighted by molar-refractivity contribution is -0.130. The lowest BCUT2D eigenvalue weighted by Gasteiger charge is -2.27. The van der Waals surface area contributed by atoms with Gasteiger partial charge in [0.25, 0.3) is 17.7 Å². The van der Waals surface area contributed by atoms with Gasteiger partial charge in [0.15, 0.2) is 0 Å². The minimum absolute atomic E-state index is 0.106. The first kappa shape index (κ1) is 42.8. The van der Waals surface area contributed by atoms with E-state index in [1.54, 1.807) is 72.8 Å². The average Bonchev–Trinajstić information content (AvgIpc) is 3.18. The second kappa shape index (κ2) is 19.6. The van der Waals surface area contributed by atoms with Crippen molar-refractivity contribution < 1.29 is 28.8 Å². The highest BCUT2D eigenvalue weighted by molar-refractivity contribution is 6.08. The Labute approximate surface area is 332 Å². The number of rotatable bonds is 16. The third-order valence-corrected chi connectivity index (χ3v) is 8.41. The van der Waals surface area contributed by atoms with Crippen LogP contribution in [0.2, 0.25) is 0 Å². The van der Waals surface area contributed by atoms with Crippen molar-refractivity contribution in [3.8, 4) is 0 Å². The van der Waals surface area contributed by atoms with E-state index in [9.17, 15) is 28.8 Å². The van der Waals surface area contributed by atoms with Gasteiger partial charge in [-0.25, -0.2) is 0 Å². The number of carbonyl (C=O) groups is 6. The van der Waals surface area contributed by atoms with Crippen LogP contribution in [-0.2, 0) is 24.0 Å². The van der Waals surface area contributed by atoms with Crippen LogP contribution in [0.3, 0.4) is 0 Å². The van der Waals surface area contributed by atoms with Crippen LogP contribution in [0.1, 0.15) is 69.4 Å². The van der Waals surface area contributed by atoms with Gasteiger partial charge < -0.3 is 31.9 Å². The highest BCUT2D eigenvalue weighted by Crippen LogP contribution is 2.15. The van der Waals surface area contributed by atoms with E-state index in [1.807, 2.05) is 13.8 Å². The van der Waals surface area contributed by atoms with Crippen molar-refractivity contribution in [3.63, 3.8) is 0 Å². The van der Waals surface area contributed by atoms with Gasteiger partial charge >= 0.3 is 0 Å². The number of nitrogens with one attached hydrogen (secondary N) is 6. The summed E-state index contributed by atoms with van der Waals surface area (Å²) in [5, 5.41) is 16.2. The van der Waals surface area contributed by atoms with Gasteiger partial charge in [-0.2, -0.15) is 0 Å². The van der Waals surface area contributed by atoms with Gasteiger partial charge in [0.2, 0.25) is 17.7 Å². The van der Waals surface area contributed by atoms with Gasteiger partial charge in [-0.15, -0.1) is 0 Å². The molecule has 0 spiro atoms. The average molecular weight is 773 g/mol. The molecule has 4 aromatic rings. The summed E-state index contributed by atoms with van der Waals surface area (Å²) >= 11 is 0. The van der Waals surface area contributed by atoms with E-state index in [0.717, 1.165) is 0 Å². The number of carbonyl (C=O) groups excluding carboxylic acids is 6. The predicted octanol–water partition coefficient (Wildman–Crippen LogP) is 4.36. The van der Waals surface area contributed by atoms with Crippen molar-refractivity contribution in [2.75, 3.05) is 5.32 Å². The van der Waals surface area contributed by atoms with Crippen LogP contribution < -0.4 is 31.9 Å². The smallest absolute Gasteiger partial charge is 0.268 e. The normalized spacial score (nSPS) is 12.5. The maximum absolute atomic E-state index is 14.1. The molecule has 0 aliphatic heterocycles. The number of aromatic nitrogens is 2. The van der Waals surface area contributed by atoms with Gasteiger partial charge in [0, 0.05) is 36.0 Å². The Morgan fingerprint density at radius 3 is 1.63 bits per heavy atom. The molecule has 6 N–H and O–H groups in total. The highest BCUT2D eigenvalue weighted by atomic mass is 16.2. The zero-order valence-electron chi connectivity index (χ0n) is 32.8. The third kappa shape index (κ3) is 13.1. The molecule has 0 fully saturated rings. The molecule has 0 saturated heterocycles. The molecule has 0 aliphatic carbocycles. The number of nitrogens with zero attached hydrogens (tertiary/aromatic N) is 2. The van der Waals surface area contributed by atoms with E-state index in [2.05, 4.69) is 41.9 Å². The molecule has 0 aliphatic rings. The van der Waals surface area contributed by atoms with Gasteiger partial charge in [-0.05, 0) is 87.6 Å². The molecule has 0 saturated carbocycles. The van der Waals surface area contributed by atoms with Crippen molar-refractivity contribution in [3.05, 3.63) is 138 Å². The standard InChI is InChI=1S/C43H48N8O6/c1-28(2)25-33(37(53)48-35(27-30-15-11-8-12-16-30)39(55)51-42(3,4)40(56)46-32-19-23-45-24-20-32)47-38(54)34(26-29-13-9-7-10-14-29)49-41(57)43(5,6)50-36(52)31-17-21-44-22-18-31/h7-24,26-28,33H,25H2,1-6H3,(H,47,54)(H,48,53)(H,49,57)(H,50,52)(H,51,55)(H,45,46,56)/b34-26-,35-27-/t33-/m1/s1. The zero-order chi connectivity index (χ0) is 41.6. The van der Waals surface area contributed by atoms with Crippen molar-refractivity contribution in [2.45, 2.75) is 65.1 Å². The molecule has 6 amide bonds. The summed E-state index contributed by atoms with van der Waals surface area (Å²) in [6.07, 6.45) is 9.00. The Hall–Kier alpha value is -6.96. The largest absolute Gasteiger partial charge is 0.339 e. The fourth-order valence-electron chi connectivity index (χ4n) is 5.23. The molecular weight excluding hydrogens is 725 g/mol. The molecule has 14 heteroatoms. The van der Waals surface area contributed by atoms with E-state index < -0.39 is 52.6 Å². The van der Waals surface area contributed by atoms with Crippen LogP contribution in [0.5, 0.6) is 0 Å². The van der Waals surface area contributed by atoms with Gasteiger partial charge in [-0.3, -0.25) is 38.7 Å². The summed E-state index contributed by atoms with van der Waals surface area (Å²) in [6.45, 7) is 9.74. The van der Waals surface area contributed by atoms with Crippen LogP contribution in [0, 0.1) is 5.92 Å². The number of anilines is 1. The van der Waals surface area contributed by atoms with E-state index in [4.69, 9.17) is 0 Å². The number of pyridine rings is 2. The predicted molar refractivity (Wildman–Crippen MR) is 217 cm³/mol. The third-order valence-electron chi connectivity index (χ3n) is 8.41. The van der Waals surface area contributed by atoms with Crippen LogP contribution in [0.4, 0.5) is 5.69 Å². The summed E-state index contributed by atoms with van der Waals surface area (Å²) in [5.41, 5.74) is -1.37. The second-order valence-corrected chi connectivity index (χ2v) is 14.6. The number of hydrogen-bond donors (Lipinski definition) is 6. The van der Waals surface area contributed by atoms with Gasteiger partial charge in [0.05, 0.1) is 0 Å². The van der Waals surface area contributed by atoms with E-state index in [-0.39, 0.29) is 29.3 Å². The lowest BCUT2D eigenvalue weighted by Crippen LogP contribution is -2.56. The maximum atomic E-state index is 14.1. The van der Waals surface area contributed by atoms with Crippen molar-refractivity contribution >= 4 is 53.3 Å². The van der Waals surface area contributed by atoms with E-state index in [1.165, 1.54) is 76.8 Å². The summed E-state index contributed by atoms with van der Waals surface area (Å²) in [5.74, 6) is -4.12. The first-order valence-corrected chi connectivity index (χ1v) is 18.3. The zero-order valence-corrected chi connectivity index (χ0v) is 32.8. The molecule has 2 aromatic carbocycles. The van der Waals surface area contributed by atoms with Crippen LogP contribution in [0.15, 0.2) is 121 Å². The molecule has 14 nitrogen and oxygen atoms in total. The summed E-state index contributed by atoms with van der Waals surface area (Å²) in [6, 6.07) is 22.6. The topological polar surface area (TPSA) is 200 Å². The quantitative estimate of drug-likeness (QED) is 0.0903. The Kier molecular flexibility index (Phi) is 14.7. The lowest BCUT2D eigenvalue weighted by atomic mass is 10.0. The molecule has 1 atom stereocenters. The van der Waals surface area contributed by atoms with Crippen molar-refractivity contribution in [1.29, 1.82) is 0 Å². The molecule has 0 radical (unpaired) electrons. The first-order chi connectivity index (χ1) is 27.0. The second-order valence-electron chi connectivity index (χ2n) is 14.6. The van der Waals surface area contributed by atoms with Gasteiger partial charge in [0.1, 0.15) is 28.5 Å². The maximum Gasteiger partial charge on any atom is 0.268 e. The molecule has 4 rings (SSSR count). The summed E-state index contributed by atoms with van der Waals surface area (Å²) in [7, 11) is 0. The Morgan fingerprint density at radius 2 is 1.11 bits per heavy atom. The van der Waals surface area contributed by atoms with Crippen LogP contribution >= 0.6 is 0 Å². The molecule has 0 unspecified atom stereocenters. The minimum Gasteiger partial charge on any atom is -0.339 e. The molecule has 0 bridgehead atoms.